The van der Waals surface area contributed by atoms with Crippen molar-refractivity contribution in [2.24, 2.45) is 0 Å². The standard InChI is InChI=1S/C16H11F3N2O4S/c1-10-20-15(21-24-10)11-6-8-12(9-7-11)25-26(22,23)14-5-3-2-4-13(14)16(17,18)19/h2-9H,1H3. The molecule has 0 saturated carbocycles. The molecule has 0 spiro atoms. The molecule has 0 amide bonds. The van der Waals surface area contributed by atoms with Crippen molar-refractivity contribution >= 4 is 10.1 Å². The summed E-state index contributed by atoms with van der Waals surface area (Å²) in [6.45, 7) is 1.61. The van der Waals surface area contributed by atoms with Gasteiger partial charge in [-0.3, -0.25) is 0 Å². The zero-order valence-electron chi connectivity index (χ0n) is 13.2. The molecular weight excluding hydrogens is 373 g/mol. The quantitative estimate of drug-likeness (QED) is 0.636. The number of benzene rings is 2. The number of halogens is 3. The monoisotopic (exact) mass is 384 g/mol. The van der Waals surface area contributed by atoms with Crippen LogP contribution in [0.1, 0.15) is 11.5 Å². The number of aromatic nitrogens is 2. The number of alkyl halides is 3. The molecule has 3 aromatic rings. The summed E-state index contributed by atoms with van der Waals surface area (Å²) in [5.74, 6) is 0.497. The molecule has 136 valence electrons. The second kappa shape index (κ2) is 6.45. The molecule has 6 nitrogen and oxygen atoms in total. The van der Waals surface area contributed by atoms with Gasteiger partial charge in [0.25, 0.3) is 0 Å². The summed E-state index contributed by atoms with van der Waals surface area (Å²) < 4.78 is 73.2. The predicted molar refractivity (Wildman–Crippen MR) is 83.7 cm³/mol. The maximum atomic E-state index is 13.0. The fraction of sp³-hybridized carbons (Fsp3) is 0.125. The highest BCUT2D eigenvalue weighted by molar-refractivity contribution is 7.87. The van der Waals surface area contributed by atoms with Gasteiger partial charge in [0.15, 0.2) is 0 Å². The summed E-state index contributed by atoms with van der Waals surface area (Å²) in [7, 11) is -4.67. The van der Waals surface area contributed by atoms with Crippen molar-refractivity contribution in [3.63, 3.8) is 0 Å². The Morgan fingerprint density at radius 2 is 1.69 bits per heavy atom. The highest BCUT2D eigenvalue weighted by Crippen LogP contribution is 2.35. The van der Waals surface area contributed by atoms with Crippen LogP contribution in [0.25, 0.3) is 11.4 Å². The Bertz CT molecular complexity index is 1030. The second-order valence-electron chi connectivity index (χ2n) is 5.19. The molecule has 0 radical (unpaired) electrons. The minimum Gasteiger partial charge on any atom is -0.379 e. The number of nitrogens with zero attached hydrogens (tertiary/aromatic N) is 2. The van der Waals surface area contributed by atoms with E-state index in [-0.39, 0.29) is 5.75 Å². The fourth-order valence-electron chi connectivity index (χ4n) is 2.17. The van der Waals surface area contributed by atoms with Crippen LogP contribution in [-0.2, 0) is 16.3 Å². The van der Waals surface area contributed by atoms with Crippen LogP contribution in [0, 0.1) is 6.92 Å². The average Bonchev–Trinajstić information content (AvgIpc) is 3.01. The van der Waals surface area contributed by atoms with Crippen molar-refractivity contribution in [3.05, 3.63) is 60.0 Å². The molecule has 0 fully saturated rings. The Morgan fingerprint density at radius 1 is 1.04 bits per heavy atom. The molecule has 0 unspecified atom stereocenters. The lowest BCUT2D eigenvalue weighted by molar-refractivity contribution is -0.139. The summed E-state index contributed by atoms with van der Waals surface area (Å²) in [6, 6.07) is 9.31. The molecule has 0 aliphatic rings. The van der Waals surface area contributed by atoms with Gasteiger partial charge in [-0.1, -0.05) is 17.3 Å². The first-order chi connectivity index (χ1) is 12.2. The van der Waals surface area contributed by atoms with Crippen LogP contribution in [0.15, 0.2) is 57.9 Å². The smallest absolute Gasteiger partial charge is 0.379 e. The van der Waals surface area contributed by atoms with E-state index in [1.807, 2.05) is 0 Å². The lowest BCUT2D eigenvalue weighted by Gasteiger charge is -2.13. The van der Waals surface area contributed by atoms with E-state index in [0.29, 0.717) is 23.3 Å². The lowest BCUT2D eigenvalue weighted by Crippen LogP contribution is -2.17. The first kappa shape index (κ1) is 17.9. The number of hydrogen-bond acceptors (Lipinski definition) is 6. The molecule has 0 aliphatic heterocycles. The molecular formula is C16H11F3N2O4S. The maximum Gasteiger partial charge on any atom is 0.417 e. The van der Waals surface area contributed by atoms with Gasteiger partial charge >= 0.3 is 16.3 Å². The molecule has 2 aromatic carbocycles. The number of rotatable bonds is 4. The van der Waals surface area contributed by atoms with Crippen molar-refractivity contribution in [2.75, 3.05) is 0 Å². The second-order valence-corrected chi connectivity index (χ2v) is 6.71. The van der Waals surface area contributed by atoms with Crippen LogP contribution >= 0.6 is 0 Å². The minimum atomic E-state index is -4.83. The third kappa shape index (κ3) is 3.69. The minimum absolute atomic E-state index is 0.147. The van der Waals surface area contributed by atoms with Gasteiger partial charge in [-0.15, -0.1) is 0 Å². The van der Waals surface area contributed by atoms with Crippen LogP contribution in [0.5, 0.6) is 5.75 Å². The summed E-state index contributed by atoms with van der Waals surface area (Å²) in [6.07, 6.45) is -4.83. The maximum absolute atomic E-state index is 13.0. The Balaban J connectivity index is 1.89. The van der Waals surface area contributed by atoms with Gasteiger partial charge in [-0.2, -0.15) is 26.6 Å². The summed E-state index contributed by atoms with van der Waals surface area (Å²) in [5, 5.41) is 3.71. The van der Waals surface area contributed by atoms with Crippen molar-refractivity contribution < 1.29 is 30.3 Å². The largest absolute Gasteiger partial charge is 0.417 e. The Morgan fingerprint density at radius 3 is 2.27 bits per heavy atom. The van der Waals surface area contributed by atoms with Crippen LogP contribution in [0.4, 0.5) is 13.2 Å². The van der Waals surface area contributed by atoms with Crippen LogP contribution < -0.4 is 4.18 Å². The van der Waals surface area contributed by atoms with E-state index >= 15 is 0 Å². The molecule has 1 heterocycles. The van der Waals surface area contributed by atoms with Crippen LogP contribution in [0.2, 0.25) is 0 Å². The zero-order chi connectivity index (χ0) is 18.9. The zero-order valence-corrected chi connectivity index (χ0v) is 14.0. The van der Waals surface area contributed by atoms with Gasteiger partial charge in [0.05, 0.1) is 5.56 Å². The van der Waals surface area contributed by atoms with Crippen molar-refractivity contribution in [2.45, 2.75) is 18.0 Å². The number of hydrogen-bond donors (Lipinski definition) is 0. The van der Waals surface area contributed by atoms with Crippen LogP contribution in [-0.4, -0.2) is 18.6 Å². The predicted octanol–water partition coefficient (Wildman–Crippen LogP) is 3.83. The molecule has 26 heavy (non-hydrogen) atoms. The summed E-state index contributed by atoms with van der Waals surface area (Å²) in [4.78, 5) is 3.06. The SMILES string of the molecule is Cc1nc(-c2ccc(OS(=O)(=O)c3ccccc3C(F)(F)F)cc2)no1. The van der Waals surface area contributed by atoms with Gasteiger partial charge in [-0.05, 0) is 36.4 Å². The molecule has 0 atom stereocenters. The van der Waals surface area contributed by atoms with Gasteiger partial charge in [0.2, 0.25) is 11.7 Å². The molecule has 3 rings (SSSR count). The lowest BCUT2D eigenvalue weighted by atomic mass is 10.2. The Kier molecular flexibility index (Phi) is 4.45. The van der Waals surface area contributed by atoms with E-state index in [2.05, 4.69) is 10.1 Å². The summed E-state index contributed by atoms with van der Waals surface area (Å²) in [5.41, 5.74) is -0.763. The Hall–Kier alpha value is -2.88. The molecule has 10 heteroatoms. The van der Waals surface area contributed by atoms with Crippen molar-refractivity contribution in [1.29, 1.82) is 0 Å². The summed E-state index contributed by atoms with van der Waals surface area (Å²) >= 11 is 0. The number of aryl methyl sites for hydroxylation is 1. The fourth-order valence-corrected chi connectivity index (χ4v) is 3.32. The molecule has 0 saturated heterocycles. The highest BCUT2D eigenvalue weighted by Gasteiger charge is 2.37. The molecule has 0 N–H and O–H groups in total. The molecule has 0 bridgehead atoms. The Labute approximate surface area is 146 Å². The van der Waals surface area contributed by atoms with E-state index in [1.54, 1.807) is 6.92 Å². The van der Waals surface area contributed by atoms with Crippen molar-refractivity contribution in [1.82, 2.24) is 10.1 Å². The molecule has 1 aromatic heterocycles. The highest BCUT2D eigenvalue weighted by atomic mass is 32.2. The van der Waals surface area contributed by atoms with E-state index < -0.39 is 26.8 Å². The van der Waals surface area contributed by atoms with E-state index in [4.69, 9.17) is 8.71 Å². The van der Waals surface area contributed by atoms with E-state index in [0.717, 1.165) is 12.1 Å². The normalized spacial score (nSPS) is 12.2. The topological polar surface area (TPSA) is 82.3 Å². The third-order valence-electron chi connectivity index (χ3n) is 3.31. The van der Waals surface area contributed by atoms with Gasteiger partial charge in [-0.25, -0.2) is 0 Å². The average molecular weight is 384 g/mol. The van der Waals surface area contributed by atoms with Gasteiger partial charge in [0, 0.05) is 12.5 Å². The van der Waals surface area contributed by atoms with E-state index in [9.17, 15) is 21.6 Å². The first-order valence-corrected chi connectivity index (χ1v) is 8.59. The molecule has 0 aliphatic carbocycles. The van der Waals surface area contributed by atoms with E-state index in [1.165, 1.54) is 30.3 Å². The van der Waals surface area contributed by atoms with Crippen LogP contribution in [0.3, 0.4) is 0 Å². The van der Waals surface area contributed by atoms with Crippen molar-refractivity contribution in [3.8, 4) is 17.1 Å². The van der Waals surface area contributed by atoms with Gasteiger partial charge in [0.1, 0.15) is 10.6 Å². The first-order valence-electron chi connectivity index (χ1n) is 7.18. The third-order valence-corrected chi connectivity index (χ3v) is 4.61. The van der Waals surface area contributed by atoms with Gasteiger partial charge < -0.3 is 8.71 Å².